The van der Waals surface area contributed by atoms with Gasteiger partial charge in [0.1, 0.15) is 5.66 Å². The first-order chi connectivity index (χ1) is 23.1. The second-order valence-electron chi connectivity index (χ2n) is 10.8. The molecule has 0 saturated heterocycles. The van der Waals surface area contributed by atoms with Crippen molar-refractivity contribution >= 4 is 131 Å². The molecule has 0 spiro atoms. The summed E-state index contributed by atoms with van der Waals surface area (Å²) in [6.45, 7) is 5.12. The third-order valence-corrected chi connectivity index (χ3v) is 24.4. The lowest BCUT2D eigenvalue weighted by molar-refractivity contribution is 0.195. The number of fused-ring (bicyclic) bond motifs is 2. The van der Waals surface area contributed by atoms with E-state index in [1.165, 1.54) is 43.7 Å². The van der Waals surface area contributed by atoms with Gasteiger partial charge in [-0.2, -0.15) is 0 Å². The molecule has 0 amide bonds. The number of thioether (sulfide) groups is 10. The van der Waals surface area contributed by atoms with Gasteiger partial charge in [-0.05, 0) is 45.9 Å². The maximum Gasteiger partial charge on any atom is 0.342 e. The lowest BCUT2D eigenvalue weighted by Crippen LogP contribution is -2.17. The topological polar surface area (TPSA) is 35.5 Å². The van der Waals surface area contributed by atoms with Crippen molar-refractivity contribution in [3.63, 3.8) is 0 Å². The zero-order valence-electron chi connectivity index (χ0n) is 25.3. The molecule has 2 aromatic rings. The Labute approximate surface area is 319 Å². The van der Waals surface area contributed by atoms with Gasteiger partial charge in [-0.3, -0.25) is 4.57 Å². The lowest BCUT2D eigenvalue weighted by Gasteiger charge is -2.35. The van der Waals surface area contributed by atoms with Crippen molar-refractivity contribution in [3.05, 3.63) is 120 Å². The zero-order valence-corrected chi connectivity index (χ0v) is 34.4. The van der Waals surface area contributed by atoms with E-state index in [4.69, 9.17) is 9.05 Å². The summed E-state index contributed by atoms with van der Waals surface area (Å²) in [4.78, 5) is 0. The van der Waals surface area contributed by atoms with Gasteiger partial charge in [0.05, 0.1) is 51.3 Å². The van der Waals surface area contributed by atoms with E-state index in [9.17, 15) is 4.57 Å². The minimum absolute atomic E-state index is 0.435. The Morgan fingerprint density at radius 2 is 0.936 bits per heavy atom. The molecule has 0 bridgehead atoms. The van der Waals surface area contributed by atoms with E-state index in [0.29, 0.717) is 13.2 Å². The van der Waals surface area contributed by atoms with Gasteiger partial charge in [0.25, 0.3) is 0 Å². The molecule has 0 unspecified atom stereocenters. The Morgan fingerprint density at radius 3 is 1.36 bits per heavy atom. The minimum Gasteiger partial charge on any atom is -0.308 e. The molecule has 0 saturated carbocycles. The van der Waals surface area contributed by atoms with Gasteiger partial charge in [0.15, 0.2) is 0 Å². The first kappa shape index (κ1) is 34.6. The molecule has 14 heteroatoms. The molecule has 0 atom stereocenters. The predicted octanol–water partition coefficient (Wildman–Crippen LogP) is 15.0. The number of hydrogen-bond acceptors (Lipinski definition) is 13. The van der Waals surface area contributed by atoms with Crippen molar-refractivity contribution in [2.75, 3.05) is 13.2 Å². The smallest absolute Gasteiger partial charge is 0.308 e. The van der Waals surface area contributed by atoms with Crippen LogP contribution in [0.1, 0.15) is 67.4 Å². The predicted molar refractivity (Wildman–Crippen MR) is 223 cm³/mol. The van der Waals surface area contributed by atoms with Crippen molar-refractivity contribution < 1.29 is 13.6 Å². The van der Waals surface area contributed by atoms with Crippen LogP contribution < -0.4 is 0 Å². The summed E-state index contributed by atoms with van der Waals surface area (Å²) < 4.78 is 40.0. The highest BCUT2D eigenvalue weighted by Gasteiger charge is 2.45. The summed E-state index contributed by atoms with van der Waals surface area (Å²) in [6, 6.07) is 17.0. The third-order valence-electron chi connectivity index (χ3n) is 7.66. The van der Waals surface area contributed by atoms with Gasteiger partial charge < -0.3 is 9.05 Å². The van der Waals surface area contributed by atoms with Crippen LogP contribution in [0.5, 0.6) is 0 Å². The fraction of sp³-hybridized carbons (Fsp3) is 0.273. The van der Waals surface area contributed by atoms with Gasteiger partial charge in [-0.1, -0.05) is 193 Å². The lowest BCUT2D eigenvalue weighted by atomic mass is 9.82. The SMILES string of the molecule is CCCCOP(=O)(OCCCC)C1c2ccccc2C(=C2SC3=C(SC(=C4SC5=C(SC(=C6SC=CS6)S5)S4)S3)S2)c2ccccc21. The van der Waals surface area contributed by atoms with Crippen LogP contribution in [-0.4, -0.2) is 13.2 Å². The van der Waals surface area contributed by atoms with Crippen LogP contribution in [0.2, 0.25) is 0 Å². The Kier molecular flexibility index (Phi) is 11.2. The highest BCUT2D eigenvalue weighted by Crippen LogP contribution is 2.75. The Morgan fingerprint density at radius 1 is 0.553 bits per heavy atom. The number of rotatable bonds is 9. The highest BCUT2D eigenvalue weighted by atomic mass is 32.3. The highest BCUT2D eigenvalue weighted by molar-refractivity contribution is 8.51. The summed E-state index contributed by atoms with van der Waals surface area (Å²) in [5.74, 6) is 0. The fourth-order valence-electron chi connectivity index (χ4n) is 5.49. The van der Waals surface area contributed by atoms with Crippen LogP contribution in [0.4, 0.5) is 0 Å². The second-order valence-corrected chi connectivity index (χ2v) is 25.2. The molecule has 47 heavy (non-hydrogen) atoms. The van der Waals surface area contributed by atoms with E-state index in [1.54, 1.807) is 0 Å². The molecule has 0 N–H and O–H groups in total. The van der Waals surface area contributed by atoms with Gasteiger partial charge in [-0.25, -0.2) is 0 Å². The van der Waals surface area contributed by atoms with Crippen LogP contribution >= 0.6 is 125 Å². The molecule has 8 rings (SSSR count). The van der Waals surface area contributed by atoms with Crippen molar-refractivity contribution in [2.45, 2.75) is 45.2 Å². The molecule has 2 aromatic carbocycles. The van der Waals surface area contributed by atoms with Crippen LogP contribution in [0.15, 0.2) is 97.5 Å². The minimum atomic E-state index is -3.52. The first-order valence-electron chi connectivity index (χ1n) is 15.3. The molecular weight excluding hydrogens is 796 g/mol. The van der Waals surface area contributed by atoms with E-state index in [0.717, 1.165) is 47.9 Å². The fourth-order valence-corrected chi connectivity index (χ4v) is 23.0. The van der Waals surface area contributed by atoms with Gasteiger partial charge in [0.2, 0.25) is 0 Å². The maximum atomic E-state index is 14.8. The number of hydrogen-bond donors (Lipinski definition) is 0. The average Bonchev–Trinajstić information content (AvgIpc) is 3.90. The molecule has 6 aliphatic rings. The normalized spacial score (nSPS) is 21.9. The van der Waals surface area contributed by atoms with Crippen LogP contribution in [0.25, 0.3) is 5.57 Å². The summed E-state index contributed by atoms with van der Waals surface area (Å²) in [5.41, 5.74) is 5.12. The van der Waals surface area contributed by atoms with Gasteiger partial charge in [-0.15, -0.1) is 0 Å². The Hall–Kier alpha value is 0.530. The van der Waals surface area contributed by atoms with E-state index in [-0.39, 0.29) is 0 Å². The van der Waals surface area contributed by atoms with Crippen LogP contribution in [0.3, 0.4) is 0 Å². The molecule has 0 aromatic heterocycles. The summed E-state index contributed by atoms with van der Waals surface area (Å²) in [5, 5.41) is 4.35. The second kappa shape index (κ2) is 15.2. The van der Waals surface area contributed by atoms with Crippen LogP contribution in [-0.2, 0) is 13.6 Å². The monoisotopic (exact) mass is 824 g/mol. The van der Waals surface area contributed by atoms with Crippen molar-refractivity contribution in [3.8, 4) is 0 Å². The largest absolute Gasteiger partial charge is 0.342 e. The number of benzene rings is 2. The van der Waals surface area contributed by atoms with E-state index in [1.807, 2.05) is 118 Å². The van der Waals surface area contributed by atoms with Crippen molar-refractivity contribution in [1.29, 1.82) is 0 Å². The Balaban J connectivity index is 1.07. The maximum absolute atomic E-state index is 14.8. The van der Waals surface area contributed by atoms with Gasteiger partial charge in [0, 0.05) is 5.57 Å². The number of unbranched alkanes of at least 4 members (excludes halogenated alkanes) is 2. The third kappa shape index (κ3) is 6.91. The van der Waals surface area contributed by atoms with Crippen LogP contribution in [0, 0.1) is 0 Å². The summed E-state index contributed by atoms with van der Waals surface area (Å²) in [7, 11) is -3.52. The summed E-state index contributed by atoms with van der Waals surface area (Å²) in [6.07, 6.45) is 3.67. The molecule has 3 nitrogen and oxygen atoms in total. The molecular formula is C33H29O3PS10. The first-order valence-corrected chi connectivity index (χ1v) is 25.2. The molecule has 5 heterocycles. The molecule has 0 fully saturated rings. The molecule has 0 radical (unpaired) electrons. The van der Waals surface area contributed by atoms with E-state index >= 15 is 0 Å². The molecule has 5 aliphatic heterocycles. The van der Waals surface area contributed by atoms with Crippen molar-refractivity contribution in [2.24, 2.45) is 0 Å². The van der Waals surface area contributed by atoms with E-state index in [2.05, 4.69) is 73.2 Å². The molecule has 244 valence electrons. The zero-order chi connectivity index (χ0) is 32.0. The molecule has 1 aliphatic carbocycles. The van der Waals surface area contributed by atoms with Crippen molar-refractivity contribution in [1.82, 2.24) is 0 Å². The quantitative estimate of drug-likeness (QED) is 0.178. The average molecular weight is 825 g/mol. The Bertz CT molecular complexity index is 1760. The standard InChI is InChI=1S/C33H29O3PS10/c1-3-5-15-35-37(34,36-16-6-4-2)24-21-13-9-7-11-19(21)23(20-12-8-10-14-22(20)24)25-40-28-29(41-25)45-32(44-28)33-46-30-31(47-33)43-27(42-30)26-38-17-18-39-26/h7-14,17-18,24H,3-6,15-16H2,1-2H3. The van der Waals surface area contributed by atoms with E-state index < -0.39 is 13.3 Å². The summed E-state index contributed by atoms with van der Waals surface area (Å²) >= 11 is 19.1. The van der Waals surface area contributed by atoms with Gasteiger partial charge >= 0.3 is 7.60 Å².